The highest BCUT2D eigenvalue weighted by molar-refractivity contribution is 7.99. The quantitative estimate of drug-likeness (QED) is 0.180. The van der Waals surface area contributed by atoms with Crippen LogP contribution in [-0.2, 0) is 57.3 Å². The normalized spacial score (nSPS) is 25.6. The van der Waals surface area contributed by atoms with E-state index in [0.717, 1.165) is 0 Å². The average Bonchev–Trinajstić information content (AvgIpc) is 3.17. The monoisotopic (exact) mass is 602 g/mol. The maximum atomic E-state index is 12.3. The van der Waals surface area contributed by atoms with Crippen molar-refractivity contribution >= 4 is 53.4 Å². The molecule has 2 aliphatic rings. The molecule has 2 aliphatic heterocycles. The fourth-order valence-corrected chi connectivity index (χ4v) is 5.74. The number of thioether (sulfide) groups is 1. The van der Waals surface area contributed by atoms with Crippen molar-refractivity contribution in [1.29, 1.82) is 0 Å². The first-order valence-corrected chi connectivity index (χ1v) is 14.3. The van der Waals surface area contributed by atoms with E-state index in [9.17, 15) is 33.6 Å². The van der Waals surface area contributed by atoms with Gasteiger partial charge in [0.1, 0.15) is 24.2 Å². The van der Waals surface area contributed by atoms with Crippen molar-refractivity contribution in [3.63, 3.8) is 0 Å². The molecule has 0 aliphatic carbocycles. The molecule has 1 N–H and O–H groups in total. The number of rotatable bonds is 13. The molecule has 0 aromatic rings. The van der Waals surface area contributed by atoms with Crippen molar-refractivity contribution in [3.05, 3.63) is 0 Å². The van der Waals surface area contributed by atoms with Crippen molar-refractivity contribution in [1.82, 2.24) is 10.4 Å². The van der Waals surface area contributed by atoms with Gasteiger partial charge in [-0.3, -0.25) is 28.8 Å². The zero-order chi connectivity index (χ0) is 30.9. The number of hydroxylamine groups is 2. The third-order valence-corrected chi connectivity index (χ3v) is 7.79. The summed E-state index contributed by atoms with van der Waals surface area (Å²) in [4.78, 5) is 88.0. The molecule has 0 radical (unpaired) electrons. The first-order chi connectivity index (χ1) is 19.2. The maximum absolute atomic E-state index is 12.3. The van der Waals surface area contributed by atoms with Gasteiger partial charge in [-0.15, -0.1) is 16.8 Å². The van der Waals surface area contributed by atoms with Gasteiger partial charge >= 0.3 is 23.9 Å². The Hall–Kier alpha value is -3.20. The van der Waals surface area contributed by atoms with Gasteiger partial charge in [0, 0.05) is 40.5 Å². The lowest BCUT2D eigenvalue weighted by Gasteiger charge is -2.45. The van der Waals surface area contributed by atoms with E-state index in [-0.39, 0.29) is 37.7 Å². The minimum Gasteiger partial charge on any atom is -0.463 e. The van der Waals surface area contributed by atoms with Crippen LogP contribution in [0.4, 0.5) is 0 Å². The van der Waals surface area contributed by atoms with E-state index < -0.39 is 71.4 Å². The molecular formula is C26H38N2O12S. The molecule has 4 unspecified atom stereocenters. The Morgan fingerprint density at radius 2 is 1.51 bits per heavy atom. The molecule has 0 spiro atoms. The SMILES string of the molecule is CC(=O)NC1[C@@H](SCCC(C)C(C)CC(=O)ON2C(=O)CCC2=O)OC(COC(C)=O)[C@H](OC(C)=O)[C@@H]1OC(C)=O. The van der Waals surface area contributed by atoms with Crippen LogP contribution in [0.3, 0.4) is 0 Å². The second-order valence-electron chi connectivity index (χ2n) is 10.1. The standard InChI is InChI=1S/C26H38N2O12S/c1-13(14(2)11-22(35)40-28-20(33)7-8-21(28)34)9-10-41-26-23(27-15(3)29)25(38-18(6)32)24(37-17(5)31)19(39-26)12-36-16(4)30/h13-14,19,23-26H,7-12H2,1-6H3,(H,27,29)/t13?,14?,19?,23?,24-,25+,26+/m0/s1. The summed E-state index contributed by atoms with van der Waals surface area (Å²) in [7, 11) is 0. The molecule has 14 nitrogen and oxygen atoms in total. The van der Waals surface area contributed by atoms with E-state index in [1.54, 1.807) is 0 Å². The number of hydrogen-bond donors (Lipinski definition) is 1. The molecule has 230 valence electrons. The van der Waals surface area contributed by atoms with Crippen LogP contribution in [0.1, 0.15) is 67.2 Å². The number of esters is 3. The van der Waals surface area contributed by atoms with Crippen molar-refractivity contribution in [3.8, 4) is 0 Å². The molecule has 2 heterocycles. The summed E-state index contributed by atoms with van der Waals surface area (Å²) in [5.74, 6) is -3.84. The molecule has 0 aromatic heterocycles. The Bertz CT molecular complexity index is 1000. The molecule has 2 fully saturated rings. The predicted octanol–water partition coefficient (Wildman–Crippen LogP) is 1.04. The fourth-order valence-electron chi connectivity index (χ4n) is 4.35. The summed E-state index contributed by atoms with van der Waals surface area (Å²) in [6.45, 7) is 8.32. The van der Waals surface area contributed by atoms with Gasteiger partial charge in [0.15, 0.2) is 12.2 Å². The lowest BCUT2D eigenvalue weighted by atomic mass is 9.91. The molecular weight excluding hydrogens is 564 g/mol. The Balaban J connectivity index is 2.09. The van der Waals surface area contributed by atoms with Crippen LogP contribution in [-0.4, -0.2) is 88.8 Å². The lowest BCUT2D eigenvalue weighted by Crippen LogP contribution is -2.65. The molecule has 0 saturated carbocycles. The van der Waals surface area contributed by atoms with Crippen LogP contribution in [0, 0.1) is 11.8 Å². The van der Waals surface area contributed by atoms with Crippen LogP contribution < -0.4 is 5.32 Å². The Labute approximate surface area is 242 Å². The second-order valence-corrected chi connectivity index (χ2v) is 11.3. The summed E-state index contributed by atoms with van der Waals surface area (Å²) in [5.41, 5.74) is -0.782. The van der Waals surface area contributed by atoms with E-state index in [1.807, 2.05) is 13.8 Å². The third-order valence-electron chi connectivity index (χ3n) is 6.59. The van der Waals surface area contributed by atoms with E-state index in [4.69, 9.17) is 23.8 Å². The van der Waals surface area contributed by atoms with Crippen molar-refractivity contribution in [2.45, 2.75) is 97.0 Å². The van der Waals surface area contributed by atoms with Gasteiger partial charge in [-0.1, -0.05) is 13.8 Å². The number of imide groups is 1. The molecule has 0 aromatic carbocycles. The van der Waals surface area contributed by atoms with Crippen LogP contribution in [0.2, 0.25) is 0 Å². The minimum absolute atomic E-state index is 0.00209. The molecule has 15 heteroatoms. The third kappa shape index (κ3) is 10.6. The molecule has 3 amide bonds. The number of carbonyl (C=O) groups excluding carboxylic acids is 7. The van der Waals surface area contributed by atoms with Gasteiger partial charge in [0.2, 0.25) is 5.91 Å². The molecule has 0 bridgehead atoms. The van der Waals surface area contributed by atoms with E-state index in [0.29, 0.717) is 17.2 Å². The smallest absolute Gasteiger partial charge is 0.333 e. The van der Waals surface area contributed by atoms with E-state index in [1.165, 1.54) is 39.5 Å². The number of hydrogen-bond acceptors (Lipinski definition) is 13. The number of nitrogens with one attached hydrogen (secondary N) is 1. The zero-order valence-corrected chi connectivity index (χ0v) is 24.9. The Morgan fingerprint density at radius 3 is 2.05 bits per heavy atom. The largest absolute Gasteiger partial charge is 0.463 e. The molecule has 2 rings (SSSR count). The topological polar surface area (TPSA) is 181 Å². The minimum atomic E-state index is -1.16. The Kier molecular flexibility index (Phi) is 13.0. The summed E-state index contributed by atoms with van der Waals surface area (Å²) < 4.78 is 22.1. The fraction of sp³-hybridized carbons (Fsp3) is 0.731. The highest BCUT2D eigenvalue weighted by Crippen LogP contribution is 2.34. The number of nitrogens with zero attached hydrogens (tertiary/aromatic N) is 1. The van der Waals surface area contributed by atoms with Crippen LogP contribution in [0.25, 0.3) is 0 Å². The molecule has 41 heavy (non-hydrogen) atoms. The van der Waals surface area contributed by atoms with Crippen molar-refractivity contribution in [2.75, 3.05) is 12.4 Å². The highest BCUT2D eigenvalue weighted by Gasteiger charge is 2.50. The van der Waals surface area contributed by atoms with Gasteiger partial charge in [-0.05, 0) is 24.0 Å². The van der Waals surface area contributed by atoms with Crippen LogP contribution in [0.5, 0.6) is 0 Å². The Morgan fingerprint density at radius 1 is 0.927 bits per heavy atom. The molecule has 7 atom stereocenters. The zero-order valence-electron chi connectivity index (χ0n) is 24.0. The summed E-state index contributed by atoms with van der Waals surface area (Å²) in [5, 5.41) is 3.24. The van der Waals surface area contributed by atoms with Gasteiger partial charge < -0.3 is 29.1 Å². The number of ether oxygens (including phenoxy) is 4. The predicted molar refractivity (Wildman–Crippen MR) is 141 cm³/mol. The number of amides is 3. The highest BCUT2D eigenvalue weighted by atomic mass is 32.2. The van der Waals surface area contributed by atoms with Gasteiger partial charge in [-0.25, -0.2) is 4.79 Å². The van der Waals surface area contributed by atoms with Crippen LogP contribution in [0.15, 0.2) is 0 Å². The summed E-state index contributed by atoms with van der Waals surface area (Å²) >= 11 is 1.31. The maximum Gasteiger partial charge on any atom is 0.333 e. The lowest BCUT2D eigenvalue weighted by molar-refractivity contribution is -0.211. The van der Waals surface area contributed by atoms with Crippen molar-refractivity contribution in [2.24, 2.45) is 11.8 Å². The van der Waals surface area contributed by atoms with Crippen LogP contribution >= 0.6 is 11.8 Å². The summed E-state index contributed by atoms with van der Waals surface area (Å²) in [6, 6.07) is -0.905. The van der Waals surface area contributed by atoms with Gasteiger partial charge in [0.05, 0.1) is 6.42 Å². The first-order valence-electron chi connectivity index (χ1n) is 13.3. The summed E-state index contributed by atoms with van der Waals surface area (Å²) in [6.07, 6.45) is -2.68. The number of carbonyl (C=O) groups is 7. The average molecular weight is 603 g/mol. The van der Waals surface area contributed by atoms with Gasteiger partial charge in [-0.2, -0.15) is 0 Å². The van der Waals surface area contributed by atoms with Crippen molar-refractivity contribution < 1.29 is 57.3 Å². The van der Waals surface area contributed by atoms with E-state index in [2.05, 4.69) is 5.32 Å². The van der Waals surface area contributed by atoms with E-state index >= 15 is 0 Å². The second kappa shape index (κ2) is 15.7. The van der Waals surface area contributed by atoms with Gasteiger partial charge in [0.25, 0.3) is 11.8 Å². The molecule has 2 saturated heterocycles. The first kappa shape index (κ1) is 34.0.